The number of para-hydroxylation sites is 1. The van der Waals surface area contributed by atoms with Crippen molar-refractivity contribution in [3.63, 3.8) is 0 Å². The van der Waals surface area contributed by atoms with E-state index in [-0.39, 0.29) is 0 Å². The van der Waals surface area contributed by atoms with Crippen molar-refractivity contribution in [1.29, 1.82) is 0 Å². The number of rotatable bonds is 5. The Morgan fingerprint density at radius 3 is 2.61 bits per heavy atom. The normalized spacial score (nSPS) is 21.5. The lowest BCUT2D eigenvalue weighted by molar-refractivity contribution is 0.156. The van der Waals surface area contributed by atoms with Gasteiger partial charge in [0.2, 0.25) is 0 Å². The van der Waals surface area contributed by atoms with Gasteiger partial charge in [0.1, 0.15) is 11.9 Å². The molecule has 0 bridgehead atoms. The number of benzene rings is 1. The Morgan fingerprint density at radius 2 is 2.00 bits per heavy atom. The molecule has 0 aliphatic carbocycles. The molecule has 0 saturated carbocycles. The fourth-order valence-corrected chi connectivity index (χ4v) is 2.96. The molecule has 100 valence electrons. The highest BCUT2D eigenvalue weighted by molar-refractivity contribution is 5.37. The summed E-state index contributed by atoms with van der Waals surface area (Å²) in [5.74, 6) is 2.43. The van der Waals surface area contributed by atoms with Crippen LogP contribution >= 0.6 is 0 Å². The van der Waals surface area contributed by atoms with Gasteiger partial charge in [-0.15, -0.1) is 0 Å². The third kappa shape index (κ3) is 2.86. The van der Waals surface area contributed by atoms with Crippen molar-refractivity contribution in [1.82, 2.24) is 5.32 Å². The second-order valence-electron chi connectivity index (χ2n) is 5.77. The average Bonchev–Trinajstić information content (AvgIpc) is 2.77. The van der Waals surface area contributed by atoms with E-state index < -0.39 is 0 Å². The first-order valence-corrected chi connectivity index (χ1v) is 7.03. The molecule has 0 amide bonds. The van der Waals surface area contributed by atoms with Gasteiger partial charge in [0.25, 0.3) is 0 Å². The number of ether oxygens (including phenoxy) is 1. The van der Waals surface area contributed by atoms with Crippen LogP contribution < -0.4 is 10.1 Å². The van der Waals surface area contributed by atoms with Crippen molar-refractivity contribution in [3.8, 4) is 5.75 Å². The van der Waals surface area contributed by atoms with E-state index in [2.05, 4.69) is 50.4 Å². The largest absolute Gasteiger partial charge is 0.490 e. The van der Waals surface area contributed by atoms with E-state index in [0.717, 1.165) is 18.6 Å². The number of hydrogen-bond acceptors (Lipinski definition) is 2. The average molecular weight is 247 g/mol. The molecule has 18 heavy (non-hydrogen) atoms. The molecule has 1 aromatic rings. The lowest BCUT2D eigenvalue weighted by Crippen LogP contribution is -2.36. The first kappa shape index (κ1) is 13.4. The minimum Gasteiger partial charge on any atom is -0.490 e. The topological polar surface area (TPSA) is 21.3 Å². The van der Waals surface area contributed by atoms with Gasteiger partial charge < -0.3 is 10.1 Å². The lowest BCUT2D eigenvalue weighted by atomic mass is 9.84. The Balaban J connectivity index is 1.99. The molecule has 1 heterocycles. The van der Waals surface area contributed by atoms with Crippen LogP contribution in [-0.2, 0) is 6.42 Å². The summed E-state index contributed by atoms with van der Waals surface area (Å²) < 4.78 is 6.05. The van der Waals surface area contributed by atoms with E-state index in [0.29, 0.717) is 24.0 Å². The molecule has 2 nitrogen and oxygen atoms in total. The smallest absolute Gasteiger partial charge is 0.123 e. The van der Waals surface area contributed by atoms with Crippen molar-refractivity contribution in [3.05, 3.63) is 29.8 Å². The lowest BCUT2D eigenvalue weighted by Gasteiger charge is -2.29. The molecular weight excluding hydrogens is 222 g/mol. The molecule has 0 spiro atoms. The summed E-state index contributed by atoms with van der Waals surface area (Å²) in [5.41, 5.74) is 1.36. The summed E-state index contributed by atoms with van der Waals surface area (Å²) >= 11 is 0. The fourth-order valence-electron chi connectivity index (χ4n) is 2.96. The third-order valence-electron chi connectivity index (χ3n) is 4.20. The van der Waals surface area contributed by atoms with Crippen LogP contribution in [0.15, 0.2) is 24.3 Å². The molecule has 3 atom stereocenters. The molecule has 2 rings (SSSR count). The maximum absolute atomic E-state index is 6.05. The Morgan fingerprint density at radius 1 is 1.28 bits per heavy atom. The van der Waals surface area contributed by atoms with E-state index in [1.54, 1.807) is 0 Å². The van der Waals surface area contributed by atoms with Crippen LogP contribution in [-0.4, -0.2) is 19.2 Å². The monoisotopic (exact) mass is 247 g/mol. The summed E-state index contributed by atoms with van der Waals surface area (Å²) in [6.45, 7) is 6.88. The van der Waals surface area contributed by atoms with Crippen LogP contribution in [0.4, 0.5) is 0 Å². The molecule has 0 aromatic heterocycles. The molecule has 1 N–H and O–H groups in total. The van der Waals surface area contributed by atoms with Gasteiger partial charge in [0.15, 0.2) is 0 Å². The molecule has 1 aliphatic rings. The number of nitrogens with one attached hydrogen (secondary N) is 1. The van der Waals surface area contributed by atoms with Gasteiger partial charge in [-0.25, -0.2) is 0 Å². The molecule has 0 saturated heterocycles. The van der Waals surface area contributed by atoms with Crippen molar-refractivity contribution in [2.45, 2.75) is 45.8 Å². The zero-order valence-corrected chi connectivity index (χ0v) is 11.9. The van der Waals surface area contributed by atoms with Gasteiger partial charge in [-0.3, -0.25) is 0 Å². The second kappa shape index (κ2) is 5.75. The highest BCUT2D eigenvalue weighted by Gasteiger charge is 2.29. The quantitative estimate of drug-likeness (QED) is 0.862. The van der Waals surface area contributed by atoms with Crippen molar-refractivity contribution >= 4 is 0 Å². The van der Waals surface area contributed by atoms with Gasteiger partial charge in [-0.2, -0.15) is 0 Å². The first-order valence-electron chi connectivity index (χ1n) is 7.03. The van der Waals surface area contributed by atoms with Crippen LogP contribution in [0, 0.1) is 11.8 Å². The molecule has 3 unspecified atom stereocenters. The second-order valence-corrected chi connectivity index (χ2v) is 5.77. The predicted octanol–water partition coefficient (Wildman–Crippen LogP) is 3.26. The summed E-state index contributed by atoms with van der Waals surface area (Å²) in [6, 6.07) is 8.96. The maximum atomic E-state index is 6.05. The van der Waals surface area contributed by atoms with Gasteiger partial charge in [-0.1, -0.05) is 32.0 Å². The first-order chi connectivity index (χ1) is 8.61. The molecule has 1 aromatic carbocycles. The van der Waals surface area contributed by atoms with Gasteiger partial charge in [0.05, 0.1) is 0 Å². The van der Waals surface area contributed by atoms with Gasteiger partial charge in [-0.05, 0) is 43.9 Å². The number of hydrogen-bond donors (Lipinski definition) is 1. The van der Waals surface area contributed by atoms with Crippen LogP contribution in [0.2, 0.25) is 0 Å². The SMILES string of the molecule is CNC(C)C(CC1Cc2ccccc2O1)C(C)C. The standard InChI is InChI=1S/C16H25NO/c1-11(2)15(12(3)17-4)10-14-9-13-7-5-6-8-16(13)18-14/h5-8,11-12,14-15,17H,9-10H2,1-4H3. The van der Waals surface area contributed by atoms with Crippen LogP contribution in [0.5, 0.6) is 5.75 Å². The fraction of sp³-hybridized carbons (Fsp3) is 0.625. The zero-order valence-electron chi connectivity index (χ0n) is 11.9. The Kier molecular flexibility index (Phi) is 4.28. The van der Waals surface area contributed by atoms with Gasteiger partial charge in [0, 0.05) is 12.5 Å². The minimum absolute atomic E-state index is 0.352. The summed E-state index contributed by atoms with van der Waals surface area (Å²) in [7, 11) is 2.05. The molecule has 1 aliphatic heterocycles. The highest BCUT2D eigenvalue weighted by atomic mass is 16.5. The molecular formula is C16H25NO. The minimum atomic E-state index is 0.352. The highest BCUT2D eigenvalue weighted by Crippen LogP contribution is 2.33. The van der Waals surface area contributed by atoms with Crippen LogP contribution in [0.1, 0.15) is 32.8 Å². The van der Waals surface area contributed by atoms with Crippen molar-refractivity contribution in [2.24, 2.45) is 11.8 Å². The third-order valence-corrected chi connectivity index (χ3v) is 4.20. The van der Waals surface area contributed by atoms with Crippen molar-refractivity contribution < 1.29 is 4.74 Å². The Bertz CT molecular complexity index is 363. The Labute approximate surface area is 111 Å². The van der Waals surface area contributed by atoms with E-state index in [4.69, 9.17) is 4.74 Å². The van der Waals surface area contributed by atoms with Crippen LogP contribution in [0.25, 0.3) is 0 Å². The molecule has 0 fully saturated rings. The maximum Gasteiger partial charge on any atom is 0.123 e. The Hall–Kier alpha value is -1.02. The summed E-state index contributed by atoms with van der Waals surface area (Å²) in [4.78, 5) is 0. The van der Waals surface area contributed by atoms with E-state index >= 15 is 0 Å². The van der Waals surface area contributed by atoms with E-state index in [9.17, 15) is 0 Å². The van der Waals surface area contributed by atoms with Crippen LogP contribution in [0.3, 0.4) is 0 Å². The summed E-state index contributed by atoms with van der Waals surface area (Å²) in [6.07, 6.45) is 2.55. The van der Waals surface area contributed by atoms with E-state index in [1.807, 2.05) is 7.05 Å². The predicted molar refractivity (Wildman–Crippen MR) is 76.0 cm³/mol. The molecule has 0 radical (unpaired) electrons. The van der Waals surface area contributed by atoms with E-state index in [1.165, 1.54) is 5.56 Å². The zero-order chi connectivity index (χ0) is 13.1. The van der Waals surface area contributed by atoms with Crippen molar-refractivity contribution in [2.75, 3.05) is 7.05 Å². The summed E-state index contributed by atoms with van der Waals surface area (Å²) in [5, 5.41) is 3.39. The van der Waals surface area contributed by atoms with Gasteiger partial charge >= 0.3 is 0 Å². The number of fused-ring (bicyclic) bond motifs is 1. The molecule has 2 heteroatoms.